The maximum atomic E-state index is 15.2. The average Bonchev–Trinajstić information content (AvgIpc) is 2.79. The summed E-state index contributed by atoms with van der Waals surface area (Å²) in [6.45, 7) is 5.37. The number of carbonyl (C=O) groups is 1. The minimum Gasteiger partial charge on any atom is -0.491 e. The number of ether oxygens (including phenoxy) is 1. The monoisotopic (exact) mass is 352 g/mol. The molecule has 0 saturated heterocycles. The van der Waals surface area contributed by atoms with Gasteiger partial charge in [-0.25, -0.2) is 4.39 Å². The first-order chi connectivity index (χ1) is 12.5. The second-order valence-electron chi connectivity index (χ2n) is 6.89. The van der Waals surface area contributed by atoms with E-state index in [4.69, 9.17) is 10.5 Å². The highest BCUT2D eigenvalue weighted by atomic mass is 19.1. The summed E-state index contributed by atoms with van der Waals surface area (Å²) in [5.74, 6) is -0.387. The summed E-state index contributed by atoms with van der Waals surface area (Å²) >= 11 is 0. The summed E-state index contributed by atoms with van der Waals surface area (Å²) < 4.78 is 21.2. The Bertz CT molecular complexity index is 963. The molecule has 5 heteroatoms. The van der Waals surface area contributed by atoms with Crippen LogP contribution in [0.25, 0.3) is 16.7 Å². The molecule has 0 aromatic heterocycles. The van der Waals surface area contributed by atoms with Gasteiger partial charge in [0.1, 0.15) is 11.6 Å². The van der Waals surface area contributed by atoms with Crippen LogP contribution in [0.1, 0.15) is 41.8 Å². The lowest BCUT2D eigenvalue weighted by Crippen LogP contribution is -2.15. The van der Waals surface area contributed by atoms with E-state index in [1.807, 2.05) is 32.0 Å². The molecule has 3 N–H and O–H groups in total. The van der Waals surface area contributed by atoms with E-state index in [9.17, 15) is 4.79 Å². The Labute approximate surface area is 151 Å². The number of fused-ring (bicyclic) bond motifs is 2. The zero-order valence-electron chi connectivity index (χ0n) is 14.9. The number of halogens is 1. The number of hydrogen-bond acceptors (Lipinski definition) is 3. The number of benzene rings is 2. The third-order valence-corrected chi connectivity index (χ3v) is 5.28. The first kappa shape index (κ1) is 16.6. The van der Waals surface area contributed by atoms with Crippen molar-refractivity contribution in [2.45, 2.75) is 26.7 Å². The van der Waals surface area contributed by atoms with Crippen LogP contribution in [0, 0.1) is 5.82 Å². The highest BCUT2D eigenvalue weighted by Gasteiger charge is 2.29. The summed E-state index contributed by atoms with van der Waals surface area (Å²) in [5.41, 5.74) is 11.5. The number of carbonyl (C=O) groups excluding carboxylic acids is 1. The van der Waals surface area contributed by atoms with Gasteiger partial charge in [-0.15, -0.1) is 0 Å². The Morgan fingerprint density at radius 3 is 2.85 bits per heavy atom. The van der Waals surface area contributed by atoms with E-state index in [1.165, 1.54) is 6.07 Å². The summed E-state index contributed by atoms with van der Waals surface area (Å²) in [6, 6.07) is 6.97. The smallest absolute Gasteiger partial charge is 0.249 e. The largest absolute Gasteiger partial charge is 0.491 e. The van der Waals surface area contributed by atoms with Gasteiger partial charge in [0.05, 0.1) is 12.3 Å². The predicted octanol–water partition coefficient (Wildman–Crippen LogP) is 4.14. The lowest BCUT2D eigenvalue weighted by molar-refractivity contribution is 0.0999. The van der Waals surface area contributed by atoms with E-state index in [1.54, 1.807) is 0 Å². The van der Waals surface area contributed by atoms with Crippen LogP contribution in [0.15, 0.2) is 29.8 Å². The first-order valence-electron chi connectivity index (χ1n) is 8.81. The van der Waals surface area contributed by atoms with Crippen molar-refractivity contribution in [3.8, 4) is 16.9 Å². The number of amides is 1. The molecule has 2 aromatic rings. The number of para-hydroxylation sites is 1. The molecule has 1 aliphatic carbocycles. The normalized spacial score (nSPS) is 15.7. The number of hydrogen-bond donors (Lipinski definition) is 2. The fraction of sp³-hybridized carbons (Fsp3) is 0.286. The molecular formula is C21H21FN2O2. The molecule has 1 aliphatic heterocycles. The molecular weight excluding hydrogens is 331 g/mol. The second kappa shape index (κ2) is 6.16. The number of primary amides is 1. The minimum absolute atomic E-state index is 0.263. The van der Waals surface area contributed by atoms with Crippen molar-refractivity contribution in [3.63, 3.8) is 0 Å². The topological polar surface area (TPSA) is 64.4 Å². The fourth-order valence-electron chi connectivity index (χ4n) is 3.88. The molecule has 0 fully saturated rings. The van der Waals surface area contributed by atoms with Gasteiger partial charge >= 0.3 is 0 Å². The van der Waals surface area contributed by atoms with Crippen molar-refractivity contribution in [2.75, 3.05) is 18.5 Å². The quantitative estimate of drug-likeness (QED) is 0.854. The van der Waals surface area contributed by atoms with Gasteiger partial charge in [0, 0.05) is 23.2 Å². The Hall–Kier alpha value is -2.82. The third-order valence-electron chi connectivity index (χ3n) is 5.28. The van der Waals surface area contributed by atoms with Gasteiger partial charge in [0.15, 0.2) is 0 Å². The molecule has 4 nitrogen and oxygen atoms in total. The van der Waals surface area contributed by atoms with Crippen molar-refractivity contribution in [2.24, 2.45) is 5.73 Å². The van der Waals surface area contributed by atoms with E-state index in [0.29, 0.717) is 29.9 Å². The summed E-state index contributed by atoms with van der Waals surface area (Å²) in [7, 11) is 0. The van der Waals surface area contributed by atoms with Gasteiger partial charge in [-0.2, -0.15) is 0 Å². The highest BCUT2D eigenvalue weighted by Crippen LogP contribution is 2.47. The Morgan fingerprint density at radius 2 is 2.08 bits per heavy atom. The lowest BCUT2D eigenvalue weighted by Gasteiger charge is -2.18. The number of anilines is 1. The van der Waals surface area contributed by atoms with E-state index in [0.717, 1.165) is 40.9 Å². The van der Waals surface area contributed by atoms with Crippen molar-refractivity contribution < 1.29 is 13.9 Å². The van der Waals surface area contributed by atoms with Crippen molar-refractivity contribution in [1.82, 2.24) is 0 Å². The molecule has 0 spiro atoms. The van der Waals surface area contributed by atoms with Crippen molar-refractivity contribution >= 4 is 17.2 Å². The van der Waals surface area contributed by atoms with Crippen LogP contribution in [0.5, 0.6) is 5.75 Å². The molecule has 0 saturated carbocycles. The third kappa shape index (κ3) is 2.46. The minimum atomic E-state index is -0.598. The lowest BCUT2D eigenvalue weighted by atomic mass is 9.89. The number of allylic oxidation sites excluding steroid dienone is 2. The van der Waals surface area contributed by atoms with Gasteiger partial charge in [0.2, 0.25) is 5.91 Å². The number of nitrogens with two attached hydrogens (primary N) is 1. The van der Waals surface area contributed by atoms with E-state index < -0.39 is 11.7 Å². The summed E-state index contributed by atoms with van der Waals surface area (Å²) in [4.78, 5) is 11.9. The van der Waals surface area contributed by atoms with Crippen molar-refractivity contribution in [3.05, 3.63) is 52.3 Å². The number of rotatable bonds is 2. The van der Waals surface area contributed by atoms with Crippen LogP contribution >= 0.6 is 0 Å². The molecule has 0 radical (unpaired) electrons. The van der Waals surface area contributed by atoms with Gasteiger partial charge in [-0.3, -0.25) is 4.79 Å². The summed E-state index contributed by atoms with van der Waals surface area (Å²) in [5, 5.41) is 3.34. The van der Waals surface area contributed by atoms with E-state index in [-0.39, 0.29) is 5.56 Å². The Balaban J connectivity index is 2.03. The molecule has 0 unspecified atom stereocenters. The Morgan fingerprint density at radius 1 is 1.27 bits per heavy atom. The highest BCUT2D eigenvalue weighted by molar-refractivity contribution is 6.00. The van der Waals surface area contributed by atoms with Crippen LogP contribution in [0.2, 0.25) is 0 Å². The maximum absolute atomic E-state index is 15.2. The zero-order valence-corrected chi connectivity index (χ0v) is 14.9. The van der Waals surface area contributed by atoms with E-state index >= 15 is 4.39 Å². The van der Waals surface area contributed by atoms with E-state index in [2.05, 4.69) is 5.32 Å². The molecule has 0 atom stereocenters. The zero-order chi connectivity index (χ0) is 18.4. The van der Waals surface area contributed by atoms with Gasteiger partial charge in [0.25, 0.3) is 0 Å². The molecule has 134 valence electrons. The standard InChI is InChI=1S/C21H21FN2O2/c1-11-9-14-15(21(23)25)10-16(22)19(18(14)12(11)2)13-5-3-6-17-20(13)26-8-4-7-24-17/h3,5-6,10,24H,4,7-9H2,1-2H3,(H2,23,25). The maximum Gasteiger partial charge on any atom is 0.249 e. The number of nitrogens with one attached hydrogen (secondary N) is 1. The molecule has 1 amide bonds. The molecule has 2 aromatic carbocycles. The van der Waals surface area contributed by atoms with Crippen LogP contribution in [-0.2, 0) is 6.42 Å². The summed E-state index contributed by atoms with van der Waals surface area (Å²) in [6.07, 6.45) is 1.49. The van der Waals surface area contributed by atoms with Gasteiger partial charge in [-0.05, 0) is 55.5 Å². The Kier molecular flexibility index (Phi) is 3.94. The van der Waals surface area contributed by atoms with Crippen LogP contribution in [0.4, 0.5) is 10.1 Å². The van der Waals surface area contributed by atoms with Crippen LogP contribution < -0.4 is 15.8 Å². The molecule has 0 bridgehead atoms. The molecule has 26 heavy (non-hydrogen) atoms. The fourth-order valence-corrected chi connectivity index (χ4v) is 3.88. The van der Waals surface area contributed by atoms with Gasteiger partial charge in [-0.1, -0.05) is 17.7 Å². The van der Waals surface area contributed by atoms with Crippen molar-refractivity contribution in [1.29, 1.82) is 0 Å². The first-order valence-corrected chi connectivity index (χ1v) is 8.81. The SMILES string of the molecule is CC1=C(C)c2c(c(C(N)=O)cc(F)c2-c2cccc3c2OCCCN3)C1. The molecule has 2 aliphatic rings. The van der Waals surface area contributed by atoms with Crippen LogP contribution in [0.3, 0.4) is 0 Å². The van der Waals surface area contributed by atoms with Gasteiger partial charge < -0.3 is 15.8 Å². The van der Waals surface area contributed by atoms with Crippen LogP contribution in [-0.4, -0.2) is 19.1 Å². The predicted molar refractivity (Wildman–Crippen MR) is 101 cm³/mol. The molecule has 1 heterocycles. The second-order valence-corrected chi connectivity index (χ2v) is 6.89. The molecule has 4 rings (SSSR count). The average molecular weight is 352 g/mol.